The maximum absolute atomic E-state index is 4.99. The molecule has 134 valence electrons. The topological polar surface area (TPSA) is 24.7 Å². The van der Waals surface area contributed by atoms with Gasteiger partial charge in [0.15, 0.2) is 0 Å². The number of aryl methyl sites for hydroxylation is 4. The third kappa shape index (κ3) is 5.37. The van der Waals surface area contributed by atoms with Crippen molar-refractivity contribution in [3.8, 4) is 0 Å². The minimum absolute atomic E-state index is 0. The van der Waals surface area contributed by atoms with Crippen molar-refractivity contribution in [1.29, 1.82) is 0 Å². The summed E-state index contributed by atoms with van der Waals surface area (Å²) in [4.78, 5) is 9.91. The predicted molar refractivity (Wildman–Crippen MR) is 107 cm³/mol. The molecule has 0 heterocycles. The van der Waals surface area contributed by atoms with Gasteiger partial charge in [-0.15, -0.1) is 0 Å². The molecule has 0 spiro atoms. The standard InChI is InChI=1S/C22H28N2.Ni/c1-7-10-20(24-22-17(4)13-9-14-18(22)5)19(6)23-21-15(2)11-8-12-16(21)3;/h8-9,11-14H,7,10H2,1-6H3;/q;+2. The molecule has 0 atom stereocenters. The van der Waals surface area contributed by atoms with Gasteiger partial charge in [-0.1, -0.05) is 49.7 Å². The zero-order chi connectivity index (χ0) is 17.7. The van der Waals surface area contributed by atoms with E-state index in [4.69, 9.17) is 9.98 Å². The first kappa shape index (κ1) is 21.3. The average molecular weight is 379 g/mol. The molecule has 0 N–H and O–H groups in total. The van der Waals surface area contributed by atoms with Crippen LogP contribution in [0.25, 0.3) is 0 Å². The number of nitrogens with zero attached hydrogens (tertiary/aromatic N) is 2. The normalized spacial score (nSPS) is 12.1. The average Bonchev–Trinajstić information content (AvgIpc) is 2.53. The Morgan fingerprint density at radius 3 is 1.56 bits per heavy atom. The van der Waals surface area contributed by atoms with Gasteiger partial charge < -0.3 is 0 Å². The van der Waals surface area contributed by atoms with Crippen molar-refractivity contribution in [3.63, 3.8) is 0 Å². The monoisotopic (exact) mass is 378 g/mol. The summed E-state index contributed by atoms with van der Waals surface area (Å²) in [5, 5.41) is 0. The van der Waals surface area contributed by atoms with Crippen LogP contribution in [0, 0.1) is 27.7 Å². The molecule has 0 fully saturated rings. The quantitative estimate of drug-likeness (QED) is 0.414. The summed E-state index contributed by atoms with van der Waals surface area (Å²) >= 11 is 0. The number of rotatable bonds is 5. The van der Waals surface area contributed by atoms with E-state index in [0.717, 1.165) is 35.6 Å². The summed E-state index contributed by atoms with van der Waals surface area (Å²) in [5.74, 6) is 0. The van der Waals surface area contributed by atoms with Gasteiger partial charge in [0.25, 0.3) is 0 Å². The molecule has 0 saturated carbocycles. The van der Waals surface area contributed by atoms with Crippen LogP contribution < -0.4 is 0 Å². The molecule has 0 amide bonds. The van der Waals surface area contributed by atoms with Crippen LogP contribution >= 0.6 is 0 Å². The number of benzene rings is 2. The zero-order valence-electron chi connectivity index (χ0n) is 16.1. The summed E-state index contributed by atoms with van der Waals surface area (Å²) in [6.07, 6.45) is 2.00. The molecule has 0 aliphatic heterocycles. The molecule has 0 bridgehead atoms. The molecular formula is C22H28N2Ni+2. The van der Waals surface area contributed by atoms with Crippen molar-refractivity contribution in [2.75, 3.05) is 0 Å². The summed E-state index contributed by atoms with van der Waals surface area (Å²) in [6, 6.07) is 12.6. The van der Waals surface area contributed by atoms with Crippen LogP contribution in [-0.4, -0.2) is 11.4 Å². The van der Waals surface area contributed by atoms with Crippen molar-refractivity contribution < 1.29 is 16.5 Å². The van der Waals surface area contributed by atoms with Crippen LogP contribution in [-0.2, 0) is 16.5 Å². The van der Waals surface area contributed by atoms with Gasteiger partial charge in [-0.2, -0.15) is 0 Å². The Balaban J connectivity index is 0.00000312. The Hall–Kier alpha value is -1.73. The molecule has 2 aromatic rings. The van der Waals surface area contributed by atoms with Crippen LogP contribution in [0.15, 0.2) is 46.4 Å². The van der Waals surface area contributed by atoms with E-state index in [1.54, 1.807) is 0 Å². The second-order valence-electron chi connectivity index (χ2n) is 6.49. The first-order valence-electron chi connectivity index (χ1n) is 8.69. The molecule has 2 aromatic carbocycles. The summed E-state index contributed by atoms with van der Waals surface area (Å²) in [7, 11) is 0. The Morgan fingerprint density at radius 1 is 0.760 bits per heavy atom. The van der Waals surface area contributed by atoms with Crippen LogP contribution in [0.2, 0.25) is 0 Å². The van der Waals surface area contributed by atoms with E-state index in [-0.39, 0.29) is 16.5 Å². The smallest absolute Gasteiger partial charge is 0.251 e. The summed E-state index contributed by atoms with van der Waals surface area (Å²) in [5.41, 5.74) is 9.08. The fraction of sp³-hybridized carbons (Fsp3) is 0.364. The van der Waals surface area contributed by atoms with Gasteiger partial charge in [0.2, 0.25) is 0 Å². The zero-order valence-corrected chi connectivity index (χ0v) is 17.1. The third-order valence-corrected chi connectivity index (χ3v) is 4.31. The van der Waals surface area contributed by atoms with E-state index >= 15 is 0 Å². The van der Waals surface area contributed by atoms with E-state index in [1.807, 2.05) is 0 Å². The minimum atomic E-state index is 0. The van der Waals surface area contributed by atoms with Crippen molar-refractivity contribution in [1.82, 2.24) is 0 Å². The maximum atomic E-state index is 4.99. The molecule has 0 aromatic heterocycles. The fourth-order valence-corrected chi connectivity index (χ4v) is 2.89. The molecule has 0 aliphatic rings. The Bertz CT molecular complexity index is 748. The Labute approximate surface area is 162 Å². The molecule has 0 radical (unpaired) electrons. The summed E-state index contributed by atoms with van der Waals surface area (Å²) < 4.78 is 0. The molecule has 0 unspecified atom stereocenters. The largest absolute Gasteiger partial charge is 2.00 e. The van der Waals surface area contributed by atoms with Crippen LogP contribution in [0.4, 0.5) is 11.4 Å². The maximum Gasteiger partial charge on any atom is 2.00 e. The van der Waals surface area contributed by atoms with Gasteiger partial charge in [-0.05, 0) is 63.3 Å². The molecule has 3 heteroatoms. The van der Waals surface area contributed by atoms with E-state index < -0.39 is 0 Å². The third-order valence-electron chi connectivity index (χ3n) is 4.31. The SMILES string of the molecule is CCCC(=Nc1c(C)cccc1C)C(C)=Nc1c(C)cccc1C.[Ni+2]. The second kappa shape index (κ2) is 9.68. The van der Waals surface area contributed by atoms with Gasteiger partial charge >= 0.3 is 16.5 Å². The van der Waals surface area contributed by atoms with Gasteiger partial charge in [0.05, 0.1) is 22.8 Å². The number of para-hydroxylation sites is 2. The molecular weight excluding hydrogens is 351 g/mol. The molecule has 0 saturated heterocycles. The first-order chi connectivity index (χ1) is 11.4. The molecule has 0 aliphatic carbocycles. The number of aliphatic imine (C=N–C) groups is 2. The van der Waals surface area contributed by atoms with E-state index in [9.17, 15) is 0 Å². The number of hydrogen-bond acceptors (Lipinski definition) is 2. The van der Waals surface area contributed by atoms with Crippen molar-refractivity contribution in [3.05, 3.63) is 58.7 Å². The van der Waals surface area contributed by atoms with E-state index in [0.29, 0.717) is 0 Å². The van der Waals surface area contributed by atoms with Gasteiger partial charge in [0, 0.05) is 0 Å². The van der Waals surface area contributed by atoms with Gasteiger partial charge in [-0.25, -0.2) is 0 Å². The molecule has 25 heavy (non-hydrogen) atoms. The van der Waals surface area contributed by atoms with E-state index in [2.05, 4.69) is 77.9 Å². The van der Waals surface area contributed by atoms with Crippen LogP contribution in [0.1, 0.15) is 48.9 Å². The summed E-state index contributed by atoms with van der Waals surface area (Å²) in [6.45, 7) is 12.7. The van der Waals surface area contributed by atoms with Crippen molar-refractivity contribution in [2.24, 2.45) is 9.98 Å². The van der Waals surface area contributed by atoms with Gasteiger partial charge in [-0.3, -0.25) is 9.98 Å². The predicted octanol–water partition coefficient (Wildman–Crippen LogP) is 6.58. The first-order valence-corrected chi connectivity index (χ1v) is 8.69. The Morgan fingerprint density at radius 2 is 1.16 bits per heavy atom. The minimum Gasteiger partial charge on any atom is -0.251 e. The van der Waals surface area contributed by atoms with Crippen LogP contribution in [0.3, 0.4) is 0 Å². The van der Waals surface area contributed by atoms with Gasteiger partial charge in [0.1, 0.15) is 0 Å². The fourth-order valence-electron chi connectivity index (χ4n) is 2.89. The van der Waals surface area contributed by atoms with E-state index in [1.165, 1.54) is 22.3 Å². The van der Waals surface area contributed by atoms with Crippen molar-refractivity contribution in [2.45, 2.75) is 54.4 Å². The van der Waals surface area contributed by atoms with Crippen LogP contribution in [0.5, 0.6) is 0 Å². The molecule has 2 rings (SSSR count). The second-order valence-corrected chi connectivity index (χ2v) is 6.49. The number of hydrogen-bond donors (Lipinski definition) is 0. The Kier molecular flexibility index (Phi) is 8.25. The molecule has 2 nitrogen and oxygen atoms in total. The van der Waals surface area contributed by atoms with Crippen molar-refractivity contribution >= 4 is 22.8 Å².